The first-order chi connectivity index (χ1) is 18.6. The highest BCUT2D eigenvalue weighted by molar-refractivity contribution is 9.10. The zero-order valence-corrected chi connectivity index (χ0v) is 22.5. The van der Waals surface area contributed by atoms with Gasteiger partial charge in [0.1, 0.15) is 18.2 Å². The first-order valence-electron chi connectivity index (χ1n) is 13.0. The van der Waals surface area contributed by atoms with Crippen molar-refractivity contribution in [2.24, 2.45) is 5.92 Å². The Labute approximate surface area is 229 Å². The number of ether oxygens (including phenoxy) is 1. The number of hydrogen-bond donors (Lipinski definition) is 1. The number of aliphatic carboxylic acids is 1. The first-order valence-corrected chi connectivity index (χ1v) is 13.8. The van der Waals surface area contributed by atoms with E-state index in [4.69, 9.17) is 14.7 Å². The van der Waals surface area contributed by atoms with Crippen LogP contribution in [0.25, 0.3) is 21.9 Å². The lowest BCUT2D eigenvalue weighted by molar-refractivity contribution is -0.143. The number of carbonyl (C=O) groups is 1. The Morgan fingerprint density at radius 2 is 1.76 bits per heavy atom. The molecule has 0 spiro atoms. The van der Waals surface area contributed by atoms with Gasteiger partial charge < -0.3 is 14.4 Å². The van der Waals surface area contributed by atoms with Crippen LogP contribution in [0.4, 0.5) is 0 Å². The third-order valence-electron chi connectivity index (χ3n) is 7.49. The van der Waals surface area contributed by atoms with Gasteiger partial charge in [0, 0.05) is 21.8 Å². The monoisotopic (exact) mass is 569 g/mol. The molecule has 0 aliphatic heterocycles. The van der Waals surface area contributed by atoms with Crippen LogP contribution < -0.4 is 4.74 Å². The number of fused-ring (bicyclic) bond motifs is 2. The third kappa shape index (κ3) is 4.90. The molecule has 192 valence electrons. The Kier molecular flexibility index (Phi) is 6.85. The molecule has 2 unspecified atom stereocenters. The summed E-state index contributed by atoms with van der Waals surface area (Å²) < 4.78 is 9.34. The summed E-state index contributed by atoms with van der Waals surface area (Å²) in [5, 5.41) is 11.1. The summed E-state index contributed by atoms with van der Waals surface area (Å²) in [7, 11) is 0. The molecule has 0 saturated heterocycles. The van der Waals surface area contributed by atoms with E-state index in [9.17, 15) is 9.90 Å². The molecule has 2 atom stereocenters. The SMILES string of the molecule is O=C(O)C1CCCCC1c1nc2cc(OCc3ccc4ccccc4n3)ccc2n1Cc1ccccc1Br. The van der Waals surface area contributed by atoms with E-state index in [1.165, 1.54) is 0 Å². The number of carboxylic acids is 1. The zero-order valence-electron chi connectivity index (χ0n) is 20.9. The minimum Gasteiger partial charge on any atom is -0.487 e. The quantitative estimate of drug-likeness (QED) is 0.222. The van der Waals surface area contributed by atoms with Crippen LogP contribution in [0.15, 0.2) is 83.3 Å². The van der Waals surface area contributed by atoms with Gasteiger partial charge in [0.25, 0.3) is 0 Å². The molecule has 7 heteroatoms. The fourth-order valence-electron chi connectivity index (χ4n) is 5.55. The van der Waals surface area contributed by atoms with Crippen LogP contribution in [0.3, 0.4) is 0 Å². The Bertz CT molecular complexity index is 1630. The number of rotatable bonds is 7. The summed E-state index contributed by atoms with van der Waals surface area (Å²) in [6, 6.07) is 26.2. The van der Waals surface area contributed by atoms with E-state index in [0.717, 1.165) is 62.8 Å². The van der Waals surface area contributed by atoms with Crippen LogP contribution in [-0.2, 0) is 17.9 Å². The number of carboxylic acid groups (broad SMARTS) is 1. The van der Waals surface area contributed by atoms with Crippen molar-refractivity contribution in [3.63, 3.8) is 0 Å². The highest BCUT2D eigenvalue weighted by Gasteiger charge is 2.35. The molecule has 1 aliphatic carbocycles. The molecule has 1 saturated carbocycles. The minimum atomic E-state index is -0.735. The summed E-state index contributed by atoms with van der Waals surface area (Å²) in [5.41, 5.74) is 4.71. The lowest BCUT2D eigenvalue weighted by Gasteiger charge is -2.28. The normalized spacial score (nSPS) is 17.6. The Hall–Kier alpha value is -3.71. The average molecular weight is 570 g/mol. The molecular formula is C31H28BrN3O3. The molecule has 0 amide bonds. The van der Waals surface area contributed by atoms with E-state index in [1.54, 1.807) is 0 Å². The summed E-state index contributed by atoms with van der Waals surface area (Å²) in [6.45, 7) is 0.960. The molecule has 0 radical (unpaired) electrons. The molecule has 5 aromatic rings. The third-order valence-corrected chi connectivity index (χ3v) is 8.27. The molecule has 1 fully saturated rings. The van der Waals surface area contributed by atoms with Crippen LogP contribution in [0.2, 0.25) is 0 Å². The lowest BCUT2D eigenvalue weighted by atomic mass is 9.78. The van der Waals surface area contributed by atoms with Crippen LogP contribution in [0.5, 0.6) is 5.75 Å². The largest absolute Gasteiger partial charge is 0.487 e. The maximum absolute atomic E-state index is 12.2. The smallest absolute Gasteiger partial charge is 0.307 e. The summed E-state index contributed by atoms with van der Waals surface area (Å²) in [5.74, 6) is 0.274. The van der Waals surface area contributed by atoms with Crippen molar-refractivity contribution in [2.75, 3.05) is 0 Å². The summed E-state index contributed by atoms with van der Waals surface area (Å²) in [6.07, 6.45) is 3.47. The maximum Gasteiger partial charge on any atom is 0.307 e. The second kappa shape index (κ2) is 10.6. The van der Waals surface area contributed by atoms with Crippen LogP contribution >= 0.6 is 15.9 Å². The number of halogens is 1. The fraction of sp³-hybridized carbons (Fsp3) is 0.258. The summed E-state index contributed by atoms with van der Waals surface area (Å²) in [4.78, 5) is 21.9. The van der Waals surface area contributed by atoms with Gasteiger partial charge in [0.2, 0.25) is 0 Å². The van der Waals surface area contributed by atoms with E-state index >= 15 is 0 Å². The van der Waals surface area contributed by atoms with E-state index in [0.29, 0.717) is 25.3 Å². The Balaban J connectivity index is 1.34. The van der Waals surface area contributed by atoms with Gasteiger partial charge in [0.15, 0.2) is 0 Å². The van der Waals surface area contributed by atoms with Crippen molar-refractivity contribution in [3.8, 4) is 5.75 Å². The average Bonchev–Trinajstić information content (AvgIpc) is 3.30. The van der Waals surface area contributed by atoms with Gasteiger partial charge in [-0.05, 0) is 48.7 Å². The van der Waals surface area contributed by atoms with E-state index in [-0.39, 0.29) is 5.92 Å². The van der Waals surface area contributed by atoms with Gasteiger partial charge >= 0.3 is 5.97 Å². The summed E-state index contributed by atoms with van der Waals surface area (Å²) >= 11 is 3.68. The zero-order chi connectivity index (χ0) is 26.1. The van der Waals surface area contributed by atoms with Crippen molar-refractivity contribution in [3.05, 3.63) is 100 Å². The first kappa shape index (κ1) is 24.6. The molecule has 0 bridgehead atoms. The molecule has 2 aromatic heterocycles. The highest BCUT2D eigenvalue weighted by atomic mass is 79.9. The molecule has 1 aliphatic rings. The molecule has 2 heterocycles. The number of imidazole rings is 1. The van der Waals surface area contributed by atoms with E-state index in [1.807, 2.05) is 66.7 Å². The fourth-order valence-corrected chi connectivity index (χ4v) is 5.96. The maximum atomic E-state index is 12.2. The van der Waals surface area contributed by atoms with E-state index < -0.39 is 11.9 Å². The van der Waals surface area contributed by atoms with Crippen LogP contribution in [0, 0.1) is 5.92 Å². The van der Waals surface area contributed by atoms with Crippen molar-refractivity contribution in [1.29, 1.82) is 0 Å². The standard InChI is InChI=1S/C31H28BrN3O3/c32-26-11-5-1-8-21(26)18-35-29-16-15-23(38-19-22-14-13-20-7-2-6-12-27(20)33-22)17-28(29)34-30(35)24-9-3-4-10-25(24)31(36)37/h1-2,5-8,11-17,24-25H,3-4,9-10,18-19H2,(H,36,37). The van der Waals surface area contributed by atoms with Crippen LogP contribution in [-0.4, -0.2) is 25.6 Å². The van der Waals surface area contributed by atoms with Gasteiger partial charge in [-0.25, -0.2) is 9.97 Å². The molecule has 38 heavy (non-hydrogen) atoms. The number of para-hydroxylation sites is 1. The number of nitrogens with zero attached hydrogens (tertiary/aromatic N) is 3. The van der Waals surface area contributed by atoms with Crippen molar-refractivity contribution in [1.82, 2.24) is 14.5 Å². The number of benzene rings is 3. The Morgan fingerprint density at radius 3 is 2.63 bits per heavy atom. The van der Waals surface area contributed by atoms with Gasteiger partial charge in [0.05, 0.1) is 34.7 Å². The van der Waals surface area contributed by atoms with Crippen LogP contribution in [0.1, 0.15) is 48.7 Å². The van der Waals surface area contributed by atoms with Crippen molar-refractivity contribution >= 4 is 43.8 Å². The number of aromatic nitrogens is 3. The minimum absolute atomic E-state index is 0.123. The van der Waals surface area contributed by atoms with Crippen molar-refractivity contribution in [2.45, 2.75) is 44.8 Å². The molecule has 1 N–H and O–H groups in total. The lowest BCUT2D eigenvalue weighted by Crippen LogP contribution is -2.27. The van der Waals surface area contributed by atoms with Gasteiger partial charge in [-0.15, -0.1) is 0 Å². The second-order valence-corrected chi connectivity index (χ2v) is 10.8. The predicted molar refractivity (Wildman–Crippen MR) is 151 cm³/mol. The Morgan fingerprint density at radius 1 is 0.947 bits per heavy atom. The number of pyridine rings is 1. The molecule has 6 rings (SSSR count). The van der Waals surface area contributed by atoms with Gasteiger partial charge in [-0.1, -0.05) is 71.2 Å². The highest BCUT2D eigenvalue weighted by Crippen LogP contribution is 2.39. The van der Waals surface area contributed by atoms with Gasteiger partial charge in [-0.2, -0.15) is 0 Å². The molecule has 3 aromatic carbocycles. The molecule has 6 nitrogen and oxygen atoms in total. The van der Waals surface area contributed by atoms with Crippen molar-refractivity contribution < 1.29 is 14.6 Å². The second-order valence-electron chi connectivity index (χ2n) is 9.92. The molecular weight excluding hydrogens is 542 g/mol. The van der Waals surface area contributed by atoms with E-state index in [2.05, 4.69) is 32.6 Å². The predicted octanol–water partition coefficient (Wildman–Crippen LogP) is 7.33. The number of hydrogen-bond acceptors (Lipinski definition) is 4. The topological polar surface area (TPSA) is 77.2 Å². The van der Waals surface area contributed by atoms with Gasteiger partial charge in [-0.3, -0.25) is 4.79 Å².